The van der Waals surface area contributed by atoms with Crippen molar-refractivity contribution in [2.45, 2.75) is 18.9 Å². The first-order valence-corrected chi connectivity index (χ1v) is 9.01. The number of benzene rings is 1. The highest BCUT2D eigenvalue weighted by atomic mass is 35.5. The Labute approximate surface area is 156 Å². The zero-order valence-corrected chi connectivity index (χ0v) is 15.2. The van der Waals surface area contributed by atoms with Gasteiger partial charge in [-0.2, -0.15) is 0 Å². The fourth-order valence-electron chi connectivity index (χ4n) is 3.72. The number of imidazole rings is 1. The van der Waals surface area contributed by atoms with Crippen molar-refractivity contribution in [2.75, 3.05) is 25.5 Å². The summed E-state index contributed by atoms with van der Waals surface area (Å²) in [5.74, 6) is 0.0426. The van der Waals surface area contributed by atoms with E-state index >= 15 is 0 Å². The molecule has 26 heavy (non-hydrogen) atoms. The minimum Gasteiger partial charge on any atom is -0.341 e. The molecular weight excluding hydrogens is 354 g/mol. The molecule has 0 spiro atoms. The summed E-state index contributed by atoms with van der Waals surface area (Å²) in [4.78, 5) is 32.5. The lowest BCUT2D eigenvalue weighted by Crippen LogP contribution is -2.45. The van der Waals surface area contributed by atoms with E-state index < -0.39 is 0 Å². The maximum Gasteiger partial charge on any atom is 0.321 e. The Morgan fingerprint density at radius 2 is 2.15 bits per heavy atom. The van der Waals surface area contributed by atoms with Crippen LogP contribution in [0.4, 0.5) is 10.5 Å². The number of nitrogens with one attached hydrogen (secondary N) is 1. The Bertz CT molecular complexity index is 838. The highest BCUT2D eigenvalue weighted by Gasteiger charge is 2.40. The fraction of sp³-hybridized carbons (Fsp3) is 0.389. The number of amides is 3. The Hall–Kier alpha value is -2.54. The van der Waals surface area contributed by atoms with Gasteiger partial charge in [0.2, 0.25) is 5.91 Å². The largest absolute Gasteiger partial charge is 0.341 e. The predicted octanol–water partition coefficient (Wildman–Crippen LogP) is 2.61. The smallest absolute Gasteiger partial charge is 0.321 e. The quantitative estimate of drug-likeness (QED) is 0.879. The molecule has 0 aliphatic carbocycles. The number of carbonyl (C=O) groups is 2. The van der Waals surface area contributed by atoms with Gasteiger partial charge in [-0.25, -0.2) is 9.78 Å². The van der Waals surface area contributed by atoms with Crippen molar-refractivity contribution in [3.8, 4) is 5.69 Å². The van der Waals surface area contributed by atoms with E-state index in [0.29, 0.717) is 23.8 Å². The molecule has 0 unspecified atom stereocenters. The van der Waals surface area contributed by atoms with Crippen LogP contribution in [0.1, 0.15) is 12.8 Å². The highest BCUT2D eigenvalue weighted by molar-refractivity contribution is 6.32. The summed E-state index contributed by atoms with van der Waals surface area (Å²) in [5, 5.41) is 3.42. The van der Waals surface area contributed by atoms with Crippen LogP contribution in [0.25, 0.3) is 5.69 Å². The van der Waals surface area contributed by atoms with Gasteiger partial charge in [0.05, 0.1) is 23.0 Å². The Kier molecular flexibility index (Phi) is 4.32. The topological polar surface area (TPSA) is 70.5 Å². The zero-order chi connectivity index (χ0) is 18.3. The van der Waals surface area contributed by atoms with E-state index in [1.165, 1.54) is 0 Å². The van der Waals surface area contributed by atoms with E-state index in [2.05, 4.69) is 10.3 Å². The van der Waals surface area contributed by atoms with Gasteiger partial charge >= 0.3 is 6.03 Å². The SMILES string of the molecule is CN1C(=O)[C@@H]2CC[C@H]1CN(C(=O)Nc1ccc(-n3ccnc3)c(Cl)c1)C2. The molecule has 3 aliphatic heterocycles. The minimum atomic E-state index is -0.198. The van der Waals surface area contributed by atoms with Crippen LogP contribution in [0.15, 0.2) is 36.9 Å². The molecule has 2 atom stereocenters. The number of hydrogen-bond acceptors (Lipinski definition) is 3. The second-order valence-electron chi connectivity index (χ2n) is 6.85. The maximum atomic E-state index is 12.7. The summed E-state index contributed by atoms with van der Waals surface area (Å²) < 4.78 is 1.81. The number of hydrogen-bond donors (Lipinski definition) is 1. The summed E-state index contributed by atoms with van der Waals surface area (Å²) >= 11 is 6.35. The molecule has 1 aromatic heterocycles. The van der Waals surface area contributed by atoms with Crippen LogP contribution in [0.2, 0.25) is 5.02 Å². The Balaban J connectivity index is 1.48. The van der Waals surface area contributed by atoms with Crippen molar-refractivity contribution in [1.29, 1.82) is 0 Å². The van der Waals surface area contributed by atoms with Crippen molar-refractivity contribution >= 4 is 29.2 Å². The molecule has 5 rings (SSSR count). The number of likely N-dealkylation sites (N-methyl/N-ethyl adjacent to an activating group) is 1. The molecule has 3 fully saturated rings. The van der Waals surface area contributed by atoms with Gasteiger partial charge < -0.3 is 19.7 Å². The number of carbonyl (C=O) groups excluding carboxylic acids is 2. The van der Waals surface area contributed by atoms with Crippen molar-refractivity contribution in [1.82, 2.24) is 19.4 Å². The number of rotatable bonds is 2. The third kappa shape index (κ3) is 3.03. The molecular formula is C18H20ClN5O2. The summed E-state index contributed by atoms with van der Waals surface area (Å²) in [6, 6.07) is 5.26. The van der Waals surface area contributed by atoms with Crippen molar-refractivity contribution in [3.63, 3.8) is 0 Å². The van der Waals surface area contributed by atoms with Gasteiger partial charge in [0.15, 0.2) is 0 Å². The van der Waals surface area contributed by atoms with Crippen molar-refractivity contribution in [3.05, 3.63) is 41.9 Å². The number of halogens is 1. The number of anilines is 1. The molecule has 0 saturated carbocycles. The van der Waals surface area contributed by atoms with E-state index in [9.17, 15) is 9.59 Å². The molecule has 0 radical (unpaired) electrons. The zero-order valence-electron chi connectivity index (χ0n) is 14.4. The first-order chi connectivity index (χ1) is 12.5. The number of urea groups is 1. The Morgan fingerprint density at radius 1 is 1.31 bits per heavy atom. The standard InChI is InChI=1S/C18H20ClN5O2/c1-22-14-4-2-12(17(22)25)9-24(10-14)18(26)21-13-3-5-16(15(19)8-13)23-7-6-20-11-23/h3,5-8,11-12,14H,2,4,9-10H2,1H3,(H,21,26)/t12-,14+/m1/s1. The van der Waals surface area contributed by atoms with E-state index in [4.69, 9.17) is 11.6 Å². The van der Waals surface area contributed by atoms with E-state index in [1.807, 2.05) is 23.7 Å². The lowest BCUT2D eigenvalue weighted by atomic mass is 9.95. The van der Waals surface area contributed by atoms with Crippen LogP contribution in [0.5, 0.6) is 0 Å². The normalized spacial score (nSPS) is 22.5. The summed E-state index contributed by atoms with van der Waals surface area (Å²) in [6.45, 7) is 1.03. The van der Waals surface area contributed by atoms with Gasteiger partial charge in [-0.3, -0.25) is 4.79 Å². The summed E-state index contributed by atoms with van der Waals surface area (Å²) in [5.41, 5.74) is 1.42. The second-order valence-corrected chi connectivity index (χ2v) is 7.26. The monoisotopic (exact) mass is 373 g/mol. The minimum absolute atomic E-state index is 0.0965. The van der Waals surface area contributed by atoms with Crippen molar-refractivity contribution in [2.24, 2.45) is 5.92 Å². The highest BCUT2D eigenvalue weighted by Crippen LogP contribution is 2.29. The molecule has 3 saturated heterocycles. The first kappa shape index (κ1) is 16.9. The van der Waals surface area contributed by atoms with Crippen LogP contribution in [0.3, 0.4) is 0 Å². The third-order valence-electron chi connectivity index (χ3n) is 5.23. The van der Waals surface area contributed by atoms with Gasteiger partial charge in [0.25, 0.3) is 0 Å². The number of aromatic nitrogens is 2. The molecule has 3 amide bonds. The molecule has 3 aliphatic rings. The lowest BCUT2D eigenvalue weighted by Gasteiger charge is -2.32. The van der Waals surface area contributed by atoms with E-state index in [0.717, 1.165) is 18.5 Å². The van der Waals surface area contributed by atoms with Gasteiger partial charge in [-0.15, -0.1) is 0 Å². The van der Waals surface area contributed by atoms with Crippen LogP contribution in [-0.4, -0.2) is 57.5 Å². The molecule has 4 heterocycles. The maximum absolute atomic E-state index is 12.7. The van der Waals surface area contributed by atoms with Crippen molar-refractivity contribution < 1.29 is 9.59 Å². The lowest BCUT2D eigenvalue weighted by molar-refractivity contribution is -0.138. The predicted molar refractivity (Wildman–Crippen MR) is 98.4 cm³/mol. The Morgan fingerprint density at radius 3 is 2.88 bits per heavy atom. The second kappa shape index (κ2) is 6.64. The van der Waals surface area contributed by atoms with Crippen LogP contribution >= 0.6 is 11.6 Å². The number of nitrogens with zero attached hydrogens (tertiary/aromatic N) is 4. The molecule has 7 nitrogen and oxygen atoms in total. The van der Waals surface area contributed by atoms with Gasteiger partial charge in [0, 0.05) is 44.3 Å². The van der Waals surface area contributed by atoms with E-state index in [1.54, 1.807) is 34.6 Å². The van der Waals surface area contributed by atoms with Crippen LogP contribution in [-0.2, 0) is 4.79 Å². The molecule has 2 bridgehead atoms. The molecule has 1 aromatic carbocycles. The molecule has 136 valence electrons. The first-order valence-electron chi connectivity index (χ1n) is 8.63. The van der Waals surface area contributed by atoms with Gasteiger partial charge in [0.1, 0.15) is 0 Å². The molecule has 8 heteroatoms. The fourth-order valence-corrected chi connectivity index (χ4v) is 4.00. The molecule has 2 aromatic rings. The summed E-state index contributed by atoms with van der Waals surface area (Å²) in [6.07, 6.45) is 6.95. The average molecular weight is 374 g/mol. The van der Waals surface area contributed by atoms with Gasteiger partial charge in [-0.1, -0.05) is 11.6 Å². The third-order valence-corrected chi connectivity index (χ3v) is 5.54. The van der Waals surface area contributed by atoms with Gasteiger partial charge in [-0.05, 0) is 31.0 Å². The summed E-state index contributed by atoms with van der Waals surface area (Å²) in [7, 11) is 1.83. The number of piperidine rings is 1. The molecule has 1 N–H and O–H groups in total. The van der Waals surface area contributed by atoms with Crippen LogP contribution < -0.4 is 5.32 Å². The van der Waals surface area contributed by atoms with E-state index in [-0.39, 0.29) is 23.9 Å². The average Bonchev–Trinajstić information content (AvgIpc) is 3.01. The van der Waals surface area contributed by atoms with Crippen LogP contribution in [0, 0.1) is 5.92 Å². The number of fused-ring (bicyclic) bond motifs is 4.